The lowest BCUT2D eigenvalue weighted by Gasteiger charge is -2.30. The highest BCUT2D eigenvalue weighted by atomic mass is 32.2. The van der Waals surface area contributed by atoms with Gasteiger partial charge in [0, 0.05) is 30.2 Å². The molecule has 0 saturated carbocycles. The predicted octanol–water partition coefficient (Wildman–Crippen LogP) is 6.72. The highest BCUT2D eigenvalue weighted by Crippen LogP contribution is 2.41. The molecule has 1 saturated heterocycles. The summed E-state index contributed by atoms with van der Waals surface area (Å²) >= 11 is 0. The molecule has 0 aliphatic carbocycles. The Labute approximate surface area is 341 Å². The third kappa shape index (κ3) is 8.47. The number of anilines is 3. The van der Waals surface area contributed by atoms with E-state index in [-0.39, 0.29) is 21.2 Å². The molecule has 7 rings (SSSR count). The van der Waals surface area contributed by atoms with Crippen LogP contribution in [0.5, 0.6) is 5.75 Å². The van der Waals surface area contributed by atoms with Gasteiger partial charge in [0.25, 0.3) is 31.9 Å². The van der Waals surface area contributed by atoms with Crippen molar-refractivity contribution in [2.45, 2.75) is 52.6 Å². The number of rotatable bonds is 8. The summed E-state index contributed by atoms with van der Waals surface area (Å²) in [5.74, 6) is -0.458. The number of ether oxygens (including phenoxy) is 2. The zero-order chi connectivity index (χ0) is 42.0. The van der Waals surface area contributed by atoms with E-state index in [2.05, 4.69) is 15.5 Å². The Bertz CT molecular complexity index is 2430. The van der Waals surface area contributed by atoms with Crippen molar-refractivity contribution in [2.24, 2.45) is 0 Å². The fourth-order valence-corrected chi connectivity index (χ4v) is 11.0. The van der Waals surface area contributed by atoms with E-state index in [1.54, 1.807) is 128 Å². The zero-order valence-electron chi connectivity index (χ0n) is 33.6. The first-order valence-electron chi connectivity index (χ1n) is 18.8. The Balaban J connectivity index is 0.000000198. The number of carbonyl (C=O) groups excluding carboxylic acids is 2. The summed E-state index contributed by atoms with van der Waals surface area (Å²) in [7, 11) is -6.44. The molecular formula is C43H49N5O8S2. The van der Waals surface area contributed by atoms with Gasteiger partial charge in [-0.1, -0.05) is 60.7 Å². The molecule has 2 N–H and O–H groups in total. The van der Waals surface area contributed by atoms with Gasteiger partial charge in [-0.2, -0.15) is 0 Å². The maximum Gasteiger partial charge on any atom is 0.285 e. The Morgan fingerprint density at radius 1 is 0.569 bits per heavy atom. The minimum atomic E-state index is -4.00. The van der Waals surface area contributed by atoms with Gasteiger partial charge in [-0.3, -0.25) is 9.59 Å². The second kappa shape index (κ2) is 16.3. The van der Waals surface area contributed by atoms with Crippen LogP contribution in [0.2, 0.25) is 0 Å². The van der Waals surface area contributed by atoms with Gasteiger partial charge >= 0.3 is 0 Å². The quantitative estimate of drug-likeness (QED) is 0.195. The van der Waals surface area contributed by atoms with Crippen LogP contribution < -0.4 is 20.3 Å². The van der Waals surface area contributed by atoms with Gasteiger partial charge in [0.15, 0.2) is 0 Å². The molecule has 0 atom stereocenters. The number of nitrogens with one attached hydrogen (secondary N) is 2. The van der Waals surface area contributed by atoms with Gasteiger partial charge in [0.05, 0.1) is 31.4 Å². The van der Waals surface area contributed by atoms with E-state index < -0.39 is 42.9 Å². The first-order valence-corrected chi connectivity index (χ1v) is 21.6. The molecule has 0 radical (unpaired) electrons. The molecule has 3 aliphatic heterocycles. The van der Waals surface area contributed by atoms with Gasteiger partial charge in [0.2, 0.25) is 0 Å². The van der Waals surface area contributed by atoms with E-state index >= 15 is 0 Å². The van der Waals surface area contributed by atoms with Crippen molar-refractivity contribution in [3.8, 4) is 5.75 Å². The molecule has 0 spiro atoms. The molecule has 4 aromatic carbocycles. The van der Waals surface area contributed by atoms with Crippen LogP contribution in [-0.4, -0.2) is 81.8 Å². The normalized spacial score (nSPS) is 17.9. The molecule has 3 aliphatic rings. The van der Waals surface area contributed by atoms with Crippen LogP contribution in [0, 0.1) is 0 Å². The maximum absolute atomic E-state index is 13.4. The lowest BCUT2D eigenvalue weighted by Crippen LogP contribution is -2.46. The third-order valence-corrected chi connectivity index (χ3v) is 13.7. The fourth-order valence-electron chi connectivity index (χ4n) is 6.91. The van der Waals surface area contributed by atoms with Crippen LogP contribution in [0.4, 0.5) is 17.1 Å². The number of hydrogen-bond acceptors (Lipinski definition) is 11. The van der Waals surface area contributed by atoms with Crippen LogP contribution in [-0.2, 0) is 34.4 Å². The standard InChI is InChI=1S/C23H27N3O4S.C20H22N2O4S/c1-23(2,3)26-22(27)20(21(31(26,28)29)17-7-5-4-6-8-17)24-18-9-11-19(12-10-18)25-13-15-30-16-14-25;1-20(2,3)22-19(23)17(21-15-10-12-16(26-4)13-11-15)18(27(22,24)25)14-8-6-5-7-9-14/h4-12,24H,13-16H2,1-3H3;5-13,21H,1-4H3. The summed E-state index contributed by atoms with van der Waals surface area (Å²) in [4.78, 5) is 28.6. The minimum Gasteiger partial charge on any atom is -0.497 e. The lowest BCUT2D eigenvalue weighted by atomic mass is 10.1. The van der Waals surface area contributed by atoms with Crippen LogP contribution in [0.3, 0.4) is 0 Å². The average Bonchev–Trinajstić information content (AvgIpc) is 3.52. The number of benzene rings is 4. The summed E-state index contributed by atoms with van der Waals surface area (Å²) in [6.45, 7) is 13.3. The molecule has 0 unspecified atom stereocenters. The highest BCUT2D eigenvalue weighted by Gasteiger charge is 2.50. The van der Waals surface area contributed by atoms with E-state index in [1.807, 2.05) is 30.3 Å². The Morgan fingerprint density at radius 3 is 1.31 bits per heavy atom. The van der Waals surface area contributed by atoms with Crippen LogP contribution in [0.15, 0.2) is 121 Å². The molecule has 0 bridgehead atoms. The zero-order valence-corrected chi connectivity index (χ0v) is 35.3. The van der Waals surface area contributed by atoms with E-state index in [0.717, 1.165) is 27.4 Å². The molecular weight excluding hydrogens is 779 g/mol. The molecule has 2 amide bonds. The molecule has 306 valence electrons. The largest absolute Gasteiger partial charge is 0.497 e. The monoisotopic (exact) mass is 827 g/mol. The van der Waals surface area contributed by atoms with E-state index in [9.17, 15) is 26.4 Å². The van der Waals surface area contributed by atoms with E-state index in [0.29, 0.717) is 41.5 Å². The molecule has 58 heavy (non-hydrogen) atoms. The molecule has 15 heteroatoms. The lowest BCUT2D eigenvalue weighted by molar-refractivity contribution is -0.125. The van der Waals surface area contributed by atoms with Crippen LogP contribution in [0.1, 0.15) is 52.7 Å². The van der Waals surface area contributed by atoms with Crippen molar-refractivity contribution in [1.29, 1.82) is 0 Å². The molecule has 0 aromatic heterocycles. The summed E-state index contributed by atoms with van der Waals surface area (Å²) in [5.41, 5.74) is 1.59. The third-order valence-electron chi connectivity index (χ3n) is 9.41. The predicted molar refractivity (Wildman–Crippen MR) is 227 cm³/mol. The maximum atomic E-state index is 13.4. The topological polar surface area (TPSA) is 155 Å². The summed E-state index contributed by atoms with van der Waals surface area (Å²) < 4.78 is 65.7. The molecule has 1 fully saturated rings. The Morgan fingerprint density at radius 2 is 0.948 bits per heavy atom. The number of methoxy groups -OCH3 is 1. The van der Waals surface area contributed by atoms with Crippen molar-refractivity contribution in [1.82, 2.24) is 8.61 Å². The number of hydrogen-bond donors (Lipinski definition) is 2. The number of carbonyl (C=O) groups is 2. The van der Waals surface area contributed by atoms with E-state index in [4.69, 9.17) is 9.47 Å². The van der Waals surface area contributed by atoms with Crippen LogP contribution >= 0.6 is 0 Å². The molecule has 3 heterocycles. The number of nitrogens with zero attached hydrogens (tertiary/aromatic N) is 3. The van der Waals surface area contributed by atoms with Gasteiger partial charge in [-0.25, -0.2) is 25.4 Å². The molecule has 4 aromatic rings. The van der Waals surface area contributed by atoms with Crippen LogP contribution in [0.25, 0.3) is 9.81 Å². The average molecular weight is 828 g/mol. The van der Waals surface area contributed by atoms with Gasteiger partial charge < -0.3 is 25.0 Å². The minimum absolute atomic E-state index is 0.00489. The first kappa shape index (κ1) is 42.0. The number of morpholine rings is 1. The Kier molecular flexibility index (Phi) is 11.8. The first-order chi connectivity index (χ1) is 27.4. The van der Waals surface area contributed by atoms with Gasteiger partial charge in [-0.05, 0) is 101 Å². The van der Waals surface area contributed by atoms with Crippen molar-refractivity contribution >= 4 is 58.7 Å². The van der Waals surface area contributed by atoms with Crippen molar-refractivity contribution in [3.63, 3.8) is 0 Å². The van der Waals surface area contributed by atoms with E-state index in [1.165, 1.54) is 0 Å². The smallest absolute Gasteiger partial charge is 0.285 e. The fraction of sp³-hybridized carbons (Fsp3) is 0.302. The number of sulfonamides is 2. The van der Waals surface area contributed by atoms with Gasteiger partial charge in [0.1, 0.15) is 27.0 Å². The second-order valence-electron chi connectivity index (χ2n) is 15.8. The Hall–Kier alpha value is -5.64. The van der Waals surface area contributed by atoms with Crippen molar-refractivity contribution in [3.05, 3.63) is 132 Å². The SMILES string of the molecule is CC(C)(C)N1C(=O)C(Nc2ccc(N3CCOCC3)cc2)=C(c2ccccc2)S1(=O)=O.COc1ccc(NC2=C(c3ccccc3)S(=O)(=O)N(C(C)(C)C)C2=O)cc1. The summed E-state index contributed by atoms with van der Waals surface area (Å²) in [6.07, 6.45) is 0. The summed E-state index contributed by atoms with van der Waals surface area (Å²) in [5, 5.41) is 6.10. The molecule has 13 nitrogen and oxygen atoms in total. The summed E-state index contributed by atoms with van der Waals surface area (Å²) in [6, 6.07) is 32.0. The van der Waals surface area contributed by atoms with Gasteiger partial charge in [-0.15, -0.1) is 0 Å². The second-order valence-corrected chi connectivity index (χ2v) is 19.2. The van der Waals surface area contributed by atoms with Crippen molar-refractivity contribution in [2.75, 3.05) is 48.9 Å². The van der Waals surface area contributed by atoms with Crippen molar-refractivity contribution < 1.29 is 35.9 Å². The number of amides is 2. The highest BCUT2D eigenvalue weighted by molar-refractivity contribution is 8.00.